The minimum absolute atomic E-state index is 0.242. The maximum Gasteiger partial charge on any atom is 0.221 e. The number of nitrogens with zero attached hydrogens (tertiary/aromatic N) is 2. The molecule has 3 aromatic rings. The van der Waals surface area contributed by atoms with Crippen molar-refractivity contribution in [3.05, 3.63) is 71.9 Å². The fraction of sp³-hybridized carbons (Fsp3) is 0.0909. The van der Waals surface area contributed by atoms with Crippen LogP contribution in [0.5, 0.6) is 5.75 Å². The highest BCUT2D eigenvalue weighted by atomic mass is 16.5. The fourth-order valence-corrected chi connectivity index (χ4v) is 2.54. The van der Waals surface area contributed by atoms with Crippen molar-refractivity contribution >= 4 is 17.6 Å². The molecular weight excluding hydrogens is 322 g/mol. The lowest BCUT2D eigenvalue weighted by atomic mass is 10.1. The third-order valence-electron chi connectivity index (χ3n) is 3.80. The van der Waals surface area contributed by atoms with Crippen LogP contribution in [-0.4, -0.2) is 16.6 Å². The molecule has 0 aliphatic heterocycles. The van der Waals surface area contributed by atoms with E-state index in [1.165, 1.54) is 0 Å². The lowest BCUT2D eigenvalue weighted by Crippen LogP contribution is -2.00. The number of ether oxygens (including phenoxy) is 1. The largest absolute Gasteiger partial charge is 0.481 e. The predicted molar refractivity (Wildman–Crippen MR) is 106 cm³/mol. The van der Waals surface area contributed by atoms with E-state index in [2.05, 4.69) is 22.0 Å². The third kappa shape index (κ3) is 4.28. The molecule has 0 saturated carbocycles. The van der Waals surface area contributed by atoms with Crippen molar-refractivity contribution in [2.75, 3.05) is 12.3 Å². The number of benzene rings is 2. The molecule has 0 bridgehead atoms. The number of aromatic nitrogens is 2. The SMILES string of the molecule is C#CCOc1ccc(-c2cc(/C(C)=C/c3ccccc3)nc(N)n2)cc1. The standard InChI is InChI=1S/C22H19N3O/c1-3-13-26-19-11-9-18(10-12-19)21-15-20(24-22(23)25-21)16(2)14-17-7-5-4-6-8-17/h1,4-12,14-15H,13H2,2H3,(H2,23,24,25)/b16-14+. The lowest BCUT2D eigenvalue weighted by Gasteiger charge is -2.08. The number of hydrogen-bond acceptors (Lipinski definition) is 4. The first-order valence-electron chi connectivity index (χ1n) is 8.20. The Morgan fingerprint density at radius 3 is 2.54 bits per heavy atom. The van der Waals surface area contributed by atoms with Crippen LogP contribution in [-0.2, 0) is 0 Å². The summed E-state index contributed by atoms with van der Waals surface area (Å²) >= 11 is 0. The number of terminal acetylenes is 1. The zero-order valence-corrected chi connectivity index (χ0v) is 14.5. The molecule has 4 heteroatoms. The summed E-state index contributed by atoms with van der Waals surface area (Å²) in [5.74, 6) is 3.40. The molecule has 3 rings (SSSR count). The maximum absolute atomic E-state index is 5.93. The number of rotatable bonds is 5. The summed E-state index contributed by atoms with van der Waals surface area (Å²) in [7, 11) is 0. The Bertz CT molecular complexity index is 955. The Labute approximate surface area is 153 Å². The normalized spacial score (nSPS) is 11.0. The van der Waals surface area contributed by atoms with Crippen LogP contribution in [0.4, 0.5) is 5.95 Å². The summed E-state index contributed by atoms with van der Waals surface area (Å²) < 4.78 is 5.40. The highest BCUT2D eigenvalue weighted by Gasteiger charge is 2.07. The molecule has 1 aromatic heterocycles. The molecule has 0 saturated heterocycles. The molecule has 0 atom stereocenters. The maximum atomic E-state index is 5.93. The summed E-state index contributed by atoms with van der Waals surface area (Å²) in [6.45, 7) is 2.25. The summed E-state index contributed by atoms with van der Waals surface area (Å²) in [6.07, 6.45) is 7.27. The second-order valence-electron chi connectivity index (χ2n) is 5.75. The quantitative estimate of drug-likeness (QED) is 0.703. The van der Waals surface area contributed by atoms with E-state index >= 15 is 0 Å². The van der Waals surface area contributed by atoms with E-state index in [-0.39, 0.29) is 12.6 Å². The van der Waals surface area contributed by atoms with Crippen LogP contribution in [0.1, 0.15) is 18.2 Å². The molecule has 4 nitrogen and oxygen atoms in total. The van der Waals surface area contributed by atoms with Crippen molar-refractivity contribution in [2.24, 2.45) is 0 Å². The van der Waals surface area contributed by atoms with Crippen molar-refractivity contribution in [1.29, 1.82) is 0 Å². The Kier molecular flexibility index (Phi) is 5.31. The van der Waals surface area contributed by atoms with Gasteiger partial charge in [0, 0.05) is 5.56 Å². The van der Waals surface area contributed by atoms with Crippen LogP contribution in [0, 0.1) is 12.3 Å². The predicted octanol–water partition coefficient (Wildman–Crippen LogP) is 4.30. The lowest BCUT2D eigenvalue weighted by molar-refractivity contribution is 0.370. The van der Waals surface area contributed by atoms with Crippen LogP contribution in [0.25, 0.3) is 22.9 Å². The Morgan fingerprint density at radius 2 is 1.85 bits per heavy atom. The van der Waals surface area contributed by atoms with Gasteiger partial charge < -0.3 is 10.5 Å². The molecule has 1 heterocycles. The minimum Gasteiger partial charge on any atom is -0.481 e. The van der Waals surface area contributed by atoms with Gasteiger partial charge in [-0.2, -0.15) is 0 Å². The van der Waals surface area contributed by atoms with Crippen LogP contribution in [0.15, 0.2) is 60.7 Å². The van der Waals surface area contributed by atoms with Crippen LogP contribution in [0.2, 0.25) is 0 Å². The topological polar surface area (TPSA) is 61.0 Å². The first-order chi connectivity index (χ1) is 12.7. The Balaban J connectivity index is 1.90. The average Bonchev–Trinajstić information content (AvgIpc) is 2.67. The fourth-order valence-electron chi connectivity index (χ4n) is 2.54. The van der Waals surface area contributed by atoms with Gasteiger partial charge in [0.25, 0.3) is 0 Å². The molecule has 0 amide bonds. The molecule has 0 radical (unpaired) electrons. The van der Waals surface area contributed by atoms with E-state index in [4.69, 9.17) is 16.9 Å². The van der Waals surface area contributed by atoms with Crippen molar-refractivity contribution < 1.29 is 4.74 Å². The first kappa shape index (κ1) is 17.2. The first-order valence-corrected chi connectivity index (χ1v) is 8.20. The molecule has 0 unspecified atom stereocenters. The van der Waals surface area contributed by atoms with E-state index < -0.39 is 0 Å². The molecule has 128 valence electrons. The van der Waals surface area contributed by atoms with Crippen molar-refractivity contribution in [3.8, 4) is 29.4 Å². The molecule has 2 aromatic carbocycles. The van der Waals surface area contributed by atoms with Crippen LogP contribution < -0.4 is 10.5 Å². The number of anilines is 1. The Hall–Kier alpha value is -3.58. The van der Waals surface area contributed by atoms with E-state index in [1.807, 2.05) is 67.6 Å². The highest BCUT2D eigenvalue weighted by molar-refractivity contribution is 5.80. The number of allylic oxidation sites excluding steroid dienone is 1. The van der Waals surface area contributed by atoms with Crippen molar-refractivity contribution in [1.82, 2.24) is 9.97 Å². The molecule has 0 aliphatic carbocycles. The highest BCUT2D eigenvalue weighted by Crippen LogP contribution is 2.25. The van der Waals surface area contributed by atoms with E-state index in [1.54, 1.807) is 0 Å². The molecule has 2 N–H and O–H groups in total. The number of nitrogen functional groups attached to an aromatic ring is 1. The average molecular weight is 341 g/mol. The number of nitrogens with two attached hydrogens (primary N) is 1. The molecule has 0 aliphatic rings. The van der Waals surface area contributed by atoms with Gasteiger partial charge in [-0.3, -0.25) is 0 Å². The van der Waals surface area contributed by atoms with Gasteiger partial charge in [0.05, 0.1) is 11.4 Å². The summed E-state index contributed by atoms with van der Waals surface area (Å²) in [5, 5.41) is 0. The zero-order valence-electron chi connectivity index (χ0n) is 14.5. The van der Waals surface area contributed by atoms with Gasteiger partial charge in [0.2, 0.25) is 5.95 Å². The molecule has 26 heavy (non-hydrogen) atoms. The van der Waals surface area contributed by atoms with Crippen molar-refractivity contribution in [3.63, 3.8) is 0 Å². The zero-order chi connectivity index (χ0) is 18.4. The van der Waals surface area contributed by atoms with Gasteiger partial charge in [-0.05, 0) is 54.5 Å². The summed E-state index contributed by atoms with van der Waals surface area (Å²) in [4.78, 5) is 8.72. The van der Waals surface area contributed by atoms with E-state index in [9.17, 15) is 0 Å². The number of hydrogen-bond donors (Lipinski definition) is 1. The van der Waals surface area contributed by atoms with Gasteiger partial charge in [0.15, 0.2) is 0 Å². The summed E-state index contributed by atoms with van der Waals surface area (Å²) in [6, 6.07) is 19.6. The monoisotopic (exact) mass is 341 g/mol. The van der Waals surface area contributed by atoms with Gasteiger partial charge in [-0.1, -0.05) is 36.3 Å². The third-order valence-corrected chi connectivity index (χ3v) is 3.80. The molecule has 0 spiro atoms. The van der Waals surface area contributed by atoms with Gasteiger partial charge in [-0.25, -0.2) is 9.97 Å². The van der Waals surface area contributed by atoms with E-state index in [0.29, 0.717) is 5.75 Å². The van der Waals surface area contributed by atoms with Gasteiger partial charge >= 0.3 is 0 Å². The Morgan fingerprint density at radius 1 is 1.12 bits per heavy atom. The second kappa shape index (κ2) is 8.00. The minimum atomic E-state index is 0.242. The van der Waals surface area contributed by atoms with Crippen LogP contribution >= 0.6 is 0 Å². The summed E-state index contributed by atoms with van der Waals surface area (Å²) in [5.41, 5.74) is 10.5. The van der Waals surface area contributed by atoms with Crippen molar-refractivity contribution in [2.45, 2.75) is 6.92 Å². The molecule has 0 fully saturated rings. The van der Waals surface area contributed by atoms with Gasteiger partial charge in [0.1, 0.15) is 12.4 Å². The molecular formula is C22H19N3O. The van der Waals surface area contributed by atoms with Crippen LogP contribution in [0.3, 0.4) is 0 Å². The second-order valence-corrected chi connectivity index (χ2v) is 5.75. The van der Waals surface area contributed by atoms with Gasteiger partial charge in [-0.15, -0.1) is 6.42 Å². The smallest absolute Gasteiger partial charge is 0.221 e. The van der Waals surface area contributed by atoms with E-state index in [0.717, 1.165) is 28.1 Å².